The molecule has 2 aromatic rings. The first-order valence-corrected chi connectivity index (χ1v) is 7.61. The molecule has 0 radical (unpaired) electrons. The lowest BCUT2D eigenvalue weighted by molar-refractivity contribution is -0.0472. The fraction of sp³-hybridized carbons (Fsp3) is 0.400. The highest BCUT2D eigenvalue weighted by molar-refractivity contribution is 7.80. The third-order valence-electron chi connectivity index (χ3n) is 3.55. The van der Waals surface area contributed by atoms with E-state index in [1.165, 1.54) is 4.68 Å². The average Bonchev–Trinajstić information content (AvgIpc) is 2.95. The van der Waals surface area contributed by atoms with Gasteiger partial charge in [-0.15, -0.1) is 5.10 Å². The molecule has 1 aliphatic rings. The van der Waals surface area contributed by atoms with E-state index in [1.54, 1.807) is 24.4 Å². The summed E-state index contributed by atoms with van der Waals surface area (Å²) in [4.78, 5) is 2.75. The summed E-state index contributed by atoms with van der Waals surface area (Å²) in [5.74, 6) is 0.151. The van der Waals surface area contributed by atoms with Crippen LogP contribution in [0.4, 0.5) is 0 Å². The first-order valence-electron chi connectivity index (χ1n) is 7.20. The number of rotatable bonds is 2. The van der Waals surface area contributed by atoms with Crippen LogP contribution >= 0.6 is 12.2 Å². The summed E-state index contributed by atoms with van der Waals surface area (Å²) in [6.07, 6.45) is 2.01. The summed E-state index contributed by atoms with van der Waals surface area (Å²) in [5, 5.41) is 18.1. The Kier molecular flexibility index (Phi) is 4.08. The topological polar surface area (TPSA) is 63.4 Å². The van der Waals surface area contributed by atoms with Crippen molar-refractivity contribution in [1.82, 2.24) is 19.9 Å². The van der Waals surface area contributed by atoms with E-state index in [1.807, 2.05) is 19.9 Å². The summed E-state index contributed by atoms with van der Waals surface area (Å²) in [5.41, 5.74) is 1.20. The number of aromatic nitrogens is 3. The minimum absolute atomic E-state index is 0.134. The second-order valence-corrected chi connectivity index (χ2v) is 5.89. The Morgan fingerprint density at radius 1 is 1.27 bits per heavy atom. The molecule has 2 heterocycles. The smallest absolute Gasteiger partial charge is 0.141 e. The van der Waals surface area contributed by atoms with Crippen LogP contribution in [0.2, 0.25) is 0 Å². The fourth-order valence-corrected chi connectivity index (χ4v) is 2.89. The minimum Gasteiger partial charge on any atom is -0.506 e. The molecule has 0 saturated carbocycles. The summed E-state index contributed by atoms with van der Waals surface area (Å²) < 4.78 is 7.25. The molecule has 116 valence electrons. The van der Waals surface area contributed by atoms with Crippen molar-refractivity contribution in [3.05, 3.63) is 36.2 Å². The SMILES string of the molecule is CC1CN(C(=S)c2cn(-c3ccccc3O)nn2)CC(C)O1. The van der Waals surface area contributed by atoms with Gasteiger partial charge in [-0.1, -0.05) is 29.6 Å². The van der Waals surface area contributed by atoms with Gasteiger partial charge in [0.15, 0.2) is 0 Å². The highest BCUT2D eigenvalue weighted by atomic mass is 32.1. The maximum atomic E-state index is 9.88. The molecule has 0 spiro atoms. The number of phenols is 1. The Hall–Kier alpha value is -1.99. The number of nitrogens with zero attached hydrogens (tertiary/aromatic N) is 4. The number of hydrogen-bond donors (Lipinski definition) is 1. The average molecular weight is 318 g/mol. The van der Waals surface area contributed by atoms with E-state index in [0.717, 1.165) is 13.1 Å². The van der Waals surface area contributed by atoms with Gasteiger partial charge in [-0.05, 0) is 26.0 Å². The van der Waals surface area contributed by atoms with Gasteiger partial charge in [-0.25, -0.2) is 4.68 Å². The molecule has 0 amide bonds. The molecule has 1 aromatic carbocycles. The molecule has 3 rings (SSSR count). The van der Waals surface area contributed by atoms with Gasteiger partial charge in [0.2, 0.25) is 0 Å². The van der Waals surface area contributed by atoms with Gasteiger partial charge in [0, 0.05) is 13.1 Å². The molecule has 1 saturated heterocycles. The number of hydrogen-bond acceptors (Lipinski definition) is 5. The third-order valence-corrected chi connectivity index (χ3v) is 4.02. The first-order chi connectivity index (χ1) is 10.5. The molecule has 2 atom stereocenters. The van der Waals surface area contributed by atoms with E-state index in [4.69, 9.17) is 17.0 Å². The van der Waals surface area contributed by atoms with E-state index in [2.05, 4.69) is 15.2 Å². The lowest BCUT2D eigenvalue weighted by Crippen LogP contribution is -2.47. The van der Waals surface area contributed by atoms with Gasteiger partial charge in [0.05, 0.1) is 18.4 Å². The minimum atomic E-state index is 0.134. The van der Waals surface area contributed by atoms with Crippen molar-refractivity contribution >= 4 is 17.2 Å². The second-order valence-electron chi connectivity index (χ2n) is 5.50. The van der Waals surface area contributed by atoms with Gasteiger partial charge in [0.1, 0.15) is 22.1 Å². The Labute approximate surface area is 134 Å². The lowest BCUT2D eigenvalue weighted by Gasteiger charge is -2.36. The van der Waals surface area contributed by atoms with Crippen LogP contribution in [-0.2, 0) is 4.74 Å². The van der Waals surface area contributed by atoms with E-state index >= 15 is 0 Å². The van der Waals surface area contributed by atoms with Crippen LogP contribution in [0.1, 0.15) is 19.5 Å². The Morgan fingerprint density at radius 2 is 1.95 bits per heavy atom. The zero-order chi connectivity index (χ0) is 15.7. The molecule has 1 fully saturated rings. The molecule has 6 nitrogen and oxygen atoms in total. The first kappa shape index (κ1) is 14.9. The van der Waals surface area contributed by atoms with Crippen LogP contribution in [-0.4, -0.2) is 55.3 Å². The van der Waals surface area contributed by atoms with E-state index in [9.17, 15) is 5.11 Å². The summed E-state index contributed by atoms with van der Waals surface area (Å²) >= 11 is 5.53. The van der Waals surface area contributed by atoms with Crippen LogP contribution in [0, 0.1) is 0 Å². The number of ether oxygens (including phenoxy) is 1. The normalized spacial score (nSPS) is 21.8. The van der Waals surface area contributed by atoms with Crippen LogP contribution in [0.5, 0.6) is 5.75 Å². The standard InChI is InChI=1S/C15H18N4O2S/c1-10-7-18(8-11(2)21-10)15(22)12-9-19(17-16-12)13-5-3-4-6-14(13)20/h3-6,9-11,20H,7-8H2,1-2H3. The summed E-state index contributed by atoms with van der Waals surface area (Å²) in [6, 6.07) is 6.98. The molecule has 0 aliphatic carbocycles. The Bertz CT molecular complexity index is 678. The third kappa shape index (κ3) is 2.95. The molecular weight excluding hydrogens is 300 g/mol. The van der Waals surface area contributed by atoms with Crippen molar-refractivity contribution in [3.8, 4) is 11.4 Å². The molecule has 2 unspecified atom stereocenters. The largest absolute Gasteiger partial charge is 0.506 e. The zero-order valence-electron chi connectivity index (χ0n) is 12.5. The monoisotopic (exact) mass is 318 g/mol. The Morgan fingerprint density at radius 3 is 2.64 bits per heavy atom. The van der Waals surface area contributed by atoms with E-state index < -0.39 is 0 Å². The molecule has 22 heavy (non-hydrogen) atoms. The van der Waals surface area contributed by atoms with Gasteiger partial charge >= 0.3 is 0 Å². The van der Waals surface area contributed by atoms with Crippen LogP contribution in [0.3, 0.4) is 0 Å². The number of thiocarbonyl (C=S) groups is 1. The van der Waals surface area contributed by atoms with Crippen molar-refractivity contribution in [3.63, 3.8) is 0 Å². The quantitative estimate of drug-likeness (QED) is 0.851. The highest BCUT2D eigenvalue weighted by Crippen LogP contribution is 2.20. The van der Waals surface area contributed by atoms with Crippen molar-refractivity contribution in [2.75, 3.05) is 13.1 Å². The van der Waals surface area contributed by atoms with Gasteiger partial charge < -0.3 is 14.7 Å². The van der Waals surface area contributed by atoms with Crippen LogP contribution in [0.15, 0.2) is 30.5 Å². The Balaban J connectivity index is 1.82. The fourth-order valence-electron chi connectivity index (χ4n) is 2.64. The number of benzene rings is 1. The lowest BCUT2D eigenvalue weighted by atomic mass is 10.2. The molecule has 1 aliphatic heterocycles. The van der Waals surface area contributed by atoms with Crippen LogP contribution < -0.4 is 0 Å². The number of aromatic hydroxyl groups is 1. The van der Waals surface area contributed by atoms with Gasteiger partial charge in [0.25, 0.3) is 0 Å². The number of morpholine rings is 1. The predicted molar refractivity (Wildman–Crippen MR) is 86.3 cm³/mol. The molecule has 1 aromatic heterocycles. The van der Waals surface area contributed by atoms with E-state index in [-0.39, 0.29) is 18.0 Å². The van der Waals surface area contributed by atoms with Crippen molar-refractivity contribution < 1.29 is 9.84 Å². The van der Waals surface area contributed by atoms with Crippen molar-refractivity contribution in [2.24, 2.45) is 0 Å². The highest BCUT2D eigenvalue weighted by Gasteiger charge is 2.25. The van der Waals surface area contributed by atoms with Crippen LogP contribution in [0.25, 0.3) is 5.69 Å². The van der Waals surface area contributed by atoms with Gasteiger partial charge in [-0.3, -0.25) is 0 Å². The molecule has 0 bridgehead atoms. The van der Waals surface area contributed by atoms with Gasteiger partial charge in [-0.2, -0.15) is 0 Å². The maximum Gasteiger partial charge on any atom is 0.141 e. The number of para-hydroxylation sites is 2. The second kappa shape index (κ2) is 6.02. The molecular formula is C15H18N4O2S. The maximum absolute atomic E-state index is 9.88. The summed E-state index contributed by atoms with van der Waals surface area (Å²) in [6.45, 7) is 5.55. The number of phenolic OH excluding ortho intramolecular Hbond substituents is 1. The summed E-state index contributed by atoms with van der Waals surface area (Å²) in [7, 11) is 0. The van der Waals surface area contributed by atoms with Crippen molar-refractivity contribution in [1.29, 1.82) is 0 Å². The molecule has 7 heteroatoms. The van der Waals surface area contributed by atoms with Crippen molar-refractivity contribution in [2.45, 2.75) is 26.1 Å². The molecule has 1 N–H and O–H groups in total. The van der Waals surface area contributed by atoms with E-state index in [0.29, 0.717) is 16.4 Å². The predicted octanol–water partition coefficient (Wildman–Crippen LogP) is 1.76. The zero-order valence-corrected chi connectivity index (χ0v) is 13.3.